The van der Waals surface area contributed by atoms with E-state index in [1.165, 1.54) is 16.7 Å². The monoisotopic (exact) mass is 401 g/mol. The Balaban J connectivity index is 1.70. The molecule has 29 heavy (non-hydrogen) atoms. The van der Waals surface area contributed by atoms with Gasteiger partial charge in [0, 0.05) is 26.1 Å². The number of aliphatic hydroxyl groups is 1. The van der Waals surface area contributed by atoms with Crippen LogP contribution in [0, 0.1) is 19.3 Å². The van der Waals surface area contributed by atoms with Crippen molar-refractivity contribution >= 4 is 11.8 Å². The van der Waals surface area contributed by atoms with Crippen LogP contribution in [0.15, 0.2) is 18.2 Å². The summed E-state index contributed by atoms with van der Waals surface area (Å²) in [5.74, 6) is 0.0423. The summed E-state index contributed by atoms with van der Waals surface area (Å²) in [5.41, 5.74) is 3.27. The van der Waals surface area contributed by atoms with Crippen molar-refractivity contribution in [2.24, 2.45) is 5.41 Å². The van der Waals surface area contributed by atoms with Gasteiger partial charge in [0.2, 0.25) is 11.8 Å². The minimum Gasteiger partial charge on any atom is -0.396 e. The van der Waals surface area contributed by atoms with Crippen LogP contribution in [0.1, 0.15) is 42.4 Å². The lowest BCUT2D eigenvalue weighted by atomic mass is 9.67. The molecule has 1 aromatic carbocycles. The number of aliphatic hydroxyl groups excluding tert-OH is 1. The van der Waals surface area contributed by atoms with Crippen LogP contribution in [-0.2, 0) is 16.0 Å². The molecule has 2 atom stereocenters. The SMILES string of the molecule is Cc1ccc(CCNC(=O)[C@@]23CCCN(C(=O)CCO)[C@H]2CN(C)CC3)cc1C. The van der Waals surface area contributed by atoms with Crippen LogP contribution in [0.2, 0.25) is 0 Å². The lowest BCUT2D eigenvalue weighted by molar-refractivity contribution is -0.154. The first-order valence-electron chi connectivity index (χ1n) is 10.8. The molecule has 2 saturated heterocycles. The topological polar surface area (TPSA) is 72.9 Å². The van der Waals surface area contributed by atoms with Gasteiger partial charge < -0.3 is 20.2 Å². The first-order valence-corrected chi connectivity index (χ1v) is 10.8. The molecule has 0 spiro atoms. The highest BCUT2D eigenvalue weighted by molar-refractivity contribution is 5.86. The number of rotatable bonds is 6. The van der Waals surface area contributed by atoms with Crippen molar-refractivity contribution in [1.82, 2.24) is 15.1 Å². The molecular formula is C23H35N3O3. The maximum Gasteiger partial charge on any atom is 0.228 e. The van der Waals surface area contributed by atoms with E-state index in [1.807, 2.05) is 11.9 Å². The number of likely N-dealkylation sites (tertiary alicyclic amines) is 2. The number of aryl methyl sites for hydroxylation is 2. The molecule has 6 heteroatoms. The number of nitrogens with one attached hydrogen (secondary N) is 1. The summed E-state index contributed by atoms with van der Waals surface area (Å²) in [6, 6.07) is 6.33. The highest BCUT2D eigenvalue weighted by Crippen LogP contribution is 2.42. The third-order valence-electron chi connectivity index (χ3n) is 6.83. The fraction of sp³-hybridized carbons (Fsp3) is 0.652. The Hall–Kier alpha value is -1.92. The molecule has 2 N–H and O–H groups in total. The number of nitrogens with zero attached hydrogens (tertiary/aromatic N) is 2. The van der Waals surface area contributed by atoms with E-state index in [9.17, 15) is 14.7 Å². The summed E-state index contributed by atoms with van der Waals surface area (Å²) in [5, 5.41) is 12.4. The van der Waals surface area contributed by atoms with Crippen LogP contribution in [0.25, 0.3) is 0 Å². The highest BCUT2D eigenvalue weighted by Gasteiger charge is 2.53. The van der Waals surface area contributed by atoms with Crippen LogP contribution in [0.4, 0.5) is 0 Å². The molecule has 0 aromatic heterocycles. The molecule has 0 bridgehead atoms. The van der Waals surface area contributed by atoms with Crippen molar-refractivity contribution in [2.45, 2.75) is 52.0 Å². The van der Waals surface area contributed by atoms with Crippen molar-refractivity contribution in [3.63, 3.8) is 0 Å². The fourth-order valence-corrected chi connectivity index (χ4v) is 4.90. The average Bonchev–Trinajstić information content (AvgIpc) is 2.70. The molecule has 2 amide bonds. The number of carbonyl (C=O) groups is 2. The van der Waals surface area contributed by atoms with Crippen molar-refractivity contribution in [1.29, 1.82) is 0 Å². The largest absolute Gasteiger partial charge is 0.396 e. The Kier molecular flexibility index (Phi) is 6.96. The highest BCUT2D eigenvalue weighted by atomic mass is 16.3. The van der Waals surface area contributed by atoms with E-state index in [0.717, 1.165) is 32.2 Å². The van der Waals surface area contributed by atoms with Crippen LogP contribution in [0.5, 0.6) is 0 Å². The molecule has 0 aliphatic carbocycles. The van der Waals surface area contributed by atoms with E-state index < -0.39 is 5.41 Å². The predicted molar refractivity (Wildman–Crippen MR) is 114 cm³/mol. The number of fused-ring (bicyclic) bond motifs is 1. The summed E-state index contributed by atoms with van der Waals surface area (Å²) in [6.07, 6.45) is 3.36. The minimum atomic E-state index is -0.515. The van der Waals surface area contributed by atoms with Crippen LogP contribution in [-0.4, -0.2) is 72.6 Å². The third kappa shape index (κ3) is 4.64. The number of likely N-dealkylation sites (N-methyl/N-ethyl adjacent to an activating group) is 1. The van der Waals surface area contributed by atoms with E-state index in [-0.39, 0.29) is 30.9 Å². The smallest absolute Gasteiger partial charge is 0.228 e. The van der Waals surface area contributed by atoms with Gasteiger partial charge in [0.25, 0.3) is 0 Å². The summed E-state index contributed by atoms with van der Waals surface area (Å²) in [4.78, 5) is 30.0. The van der Waals surface area contributed by atoms with Crippen LogP contribution < -0.4 is 5.32 Å². The van der Waals surface area contributed by atoms with Gasteiger partial charge in [-0.2, -0.15) is 0 Å². The molecule has 0 radical (unpaired) electrons. The Morgan fingerprint density at radius 1 is 1.21 bits per heavy atom. The van der Waals surface area contributed by atoms with Crippen molar-refractivity contribution in [2.75, 3.05) is 39.8 Å². The van der Waals surface area contributed by atoms with E-state index in [1.54, 1.807) is 0 Å². The van der Waals surface area contributed by atoms with Crippen LogP contribution >= 0.6 is 0 Å². The number of piperidine rings is 2. The summed E-state index contributed by atoms with van der Waals surface area (Å²) in [7, 11) is 2.05. The third-order valence-corrected chi connectivity index (χ3v) is 6.83. The van der Waals surface area contributed by atoms with Gasteiger partial charge in [-0.3, -0.25) is 9.59 Å². The van der Waals surface area contributed by atoms with Gasteiger partial charge in [0.15, 0.2) is 0 Å². The molecule has 160 valence electrons. The Labute approximate surface area is 174 Å². The first kappa shape index (κ1) is 21.8. The lowest BCUT2D eigenvalue weighted by Crippen LogP contribution is -2.66. The summed E-state index contributed by atoms with van der Waals surface area (Å²) in [6.45, 7) is 6.93. The molecule has 2 fully saturated rings. The standard InChI is InChI=1S/C23H35N3O3/c1-17-5-6-19(15-18(17)2)7-11-24-22(29)23-9-4-12-26(21(28)8-14-27)20(23)16-25(3)13-10-23/h5-6,15,20,27H,4,7-14,16H2,1-3H3,(H,24,29)/t20-,23+/m0/s1. The number of benzene rings is 1. The normalized spacial score (nSPS) is 24.8. The number of hydrogen-bond acceptors (Lipinski definition) is 4. The van der Waals surface area contributed by atoms with Crippen LogP contribution in [0.3, 0.4) is 0 Å². The van der Waals surface area contributed by atoms with Gasteiger partial charge in [-0.25, -0.2) is 0 Å². The van der Waals surface area contributed by atoms with Gasteiger partial charge in [-0.1, -0.05) is 18.2 Å². The van der Waals surface area contributed by atoms with Crippen molar-refractivity contribution < 1.29 is 14.7 Å². The number of hydrogen-bond donors (Lipinski definition) is 2. The van der Waals surface area contributed by atoms with Gasteiger partial charge in [-0.15, -0.1) is 0 Å². The zero-order valence-corrected chi connectivity index (χ0v) is 18.0. The lowest BCUT2D eigenvalue weighted by Gasteiger charge is -2.53. The molecule has 2 heterocycles. The first-order chi connectivity index (χ1) is 13.9. The van der Waals surface area contributed by atoms with Gasteiger partial charge in [-0.05, 0) is 69.8 Å². The second kappa shape index (κ2) is 9.26. The Bertz CT molecular complexity index is 751. The Morgan fingerprint density at radius 2 is 2.00 bits per heavy atom. The maximum atomic E-state index is 13.4. The van der Waals surface area contributed by atoms with Gasteiger partial charge in [0.05, 0.1) is 18.1 Å². The van der Waals surface area contributed by atoms with Gasteiger partial charge in [0.1, 0.15) is 0 Å². The van der Waals surface area contributed by atoms with E-state index >= 15 is 0 Å². The fourth-order valence-electron chi connectivity index (χ4n) is 4.90. The van der Waals surface area contributed by atoms with E-state index in [4.69, 9.17) is 0 Å². The molecular weight excluding hydrogens is 366 g/mol. The Morgan fingerprint density at radius 3 is 2.72 bits per heavy atom. The van der Waals surface area contributed by atoms with E-state index in [0.29, 0.717) is 19.6 Å². The second-order valence-electron chi connectivity index (χ2n) is 8.77. The maximum absolute atomic E-state index is 13.4. The molecule has 0 unspecified atom stereocenters. The molecule has 0 saturated carbocycles. The number of carbonyl (C=O) groups excluding carboxylic acids is 2. The quantitative estimate of drug-likeness (QED) is 0.760. The molecule has 1 aromatic rings. The zero-order chi connectivity index (χ0) is 21.0. The molecule has 6 nitrogen and oxygen atoms in total. The molecule has 2 aliphatic heterocycles. The van der Waals surface area contributed by atoms with Crippen molar-refractivity contribution in [3.8, 4) is 0 Å². The molecule has 2 aliphatic rings. The van der Waals surface area contributed by atoms with Crippen molar-refractivity contribution in [3.05, 3.63) is 34.9 Å². The zero-order valence-electron chi connectivity index (χ0n) is 18.0. The average molecular weight is 402 g/mol. The second-order valence-corrected chi connectivity index (χ2v) is 8.77. The number of amides is 2. The predicted octanol–water partition coefficient (Wildman–Crippen LogP) is 1.66. The van der Waals surface area contributed by atoms with E-state index in [2.05, 4.69) is 42.3 Å². The van der Waals surface area contributed by atoms with Gasteiger partial charge >= 0.3 is 0 Å². The summed E-state index contributed by atoms with van der Waals surface area (Å²) >= 11 is 0. The minimum absolute atomic E-state index is 0.0418. The molecule has 3 rings (SSSR count). The summed E-state index contributed by atoms with van der Waals surface area (Å²) < 4.78 is 0.